The van der Waals surface area contributed by atoms with Crippen molar-refractivity contribution in [2.75, 3.05) is 6.54 Å². The molecule has 0 N–H and O–H groups in total. The standard InChI is InChI=1S/C13H20N2O/c1-13(2)5-3-11(7-13)15-6-4-12-10(8-15)9-16-14-12/h9,11H,3-8H2,1-2H3. The second-order valence-electron chi connectivity index (χ2n) is 6.07. The van der Waals surface area contributed by atoms with E-state index in [0.717, 1.165) is 25.6 Å². The number of hydrogen-bond donors (Lipinski definition) is 0. The SMILES string of the molecule is CC1(C)CCC(N2CCc3nocc3C2)C1. The first-order valence-corrected chi connectivity index (χ1v) is 6.30. The molecule has 0 bridgehead atoms. The van der Waals surface area contributed by atoms with Gasteiger partial charge in [0.2, 0.25) is 0 Å². The number of hydrogen-bond acceptors (Lipinski definition) is 3. The molecular weight excluding hydrogens is 200 g/mol. The molecule has 1 aromatic heterocycles. The van der Waals surface area contributed by atoms with Gasteiger partial charge in [0.25, 0.3) is 0 Å². The topological polar surface area (TPSA) is 29.3 Å². The molecule has 1 fully saturated rings. The third-order valence-corrected chi connectivity index (χ3v) is 4.20. The molecule has 2 heterocycles. The van der Waals surface area contributed by atoms with E-state index in [4.69, 9.17) is 4.52 Å². The van der Waals surface area contributed by atoms with Gasteiger partial charge in [0, 0.05) is 31.1 Å². The van der Waals surface area contributed by atoms with Crippen LogP contribution in [-0.2, 0) is 13.0 Å². The second-order valence-corrected chi connectivity index (χ2v) is 6.07. The van der Waals surface area contributed by atoms with E-state index in [9.17, 15) is 0 Å². The van der Waals surface area contributed by atoms with Gasteiger partial charge >= 0.3 is 0 Å². The maximum atomic E-state index is 5.04. The molecule has 3 heteroatoms. The lowest BCUT2D eigenvalue weighted by Crippen LogP contribution is -2.38. The minimum atomic E-state index is 0.541. The Balaban J connectivity index is 1.70. The molecule has 0 spiro atoms. The van der Waals surface area contributed by atoms with E-state index in [1.807, 2.05) is 6.26 Å². The summed E-state index contributed by atoms with van der Waals surface area (Å²) in [7, 11) is 0. The molecule has 1 aliphatic carbocycles. The third-order valence-electron chi connectivity index (χ3n) is 4.20. The predicted octanol–water partition coefficient (Wildman–Crippen LogP) is 2.61. The summed E-state index contributed by atoms with van der Waals surface area (Å²) in [6, 6.07) is 0.776. The fourth-order valence-electron chi connectivity index (χ4n) is 3.19. The van der Waals surface area contributed by atoms with Gasteiger partial charge in [-0.2, -0.15) is 0 Å². The average Bonchev–Trinajstić information content (AvgIpc) is 2.82. The largest absolute Gasteiger partial charge is 0.364 e. The average molecular weight is 220 g/mol. The summed E-state index contributed by atoms with van der Waals surface area (Å²) in [4.78, 5) is 2.62. The molecule has 0 radical (unpaired) electrons. The zero-order valence-corrected chi connectivity index (χ0v) is 10.2. The first-order valence-electron chi connectivity index (χ1n) is 6.30. The third kappa shape index (κ3) is 1.77. The molecule has 1 aliphatic heterocycles. The Kier molecular flexibility index (Phi) is 2.32. The van der Waals surface area contributed by atoms with E-state index in [-0.39, 0.29) is 0 Å². The van der Waals surface area contributed by atoms with Gasteiger partial charge in [-0.1, -0.05) is 19.0 Å². The van der Waals surface area contributed by atoms with Gasteiger partial charge in [-0.05, 0) is 24.7 Å². The molecule has 0 aromatic carbocycles. The molecular formula is C13H20N2O. The summed E-state index contributed by atoms with van der Waals surface area (Å²) in [5.41, 5.74) is 3.02. The molecule has 88 valence electrons. The Morgan fingerprint density at radius 2 is 2.38 bits per heavy atom. The Labute approximate surface area is 96.8 Å². The predicted molar refractivity (Wildman–Crippen MR) is 62.0 cm³/mol. The van der Waals surface area contributed by atoms with Gasteiger partial charge in [-0.25, -0.2) is 0 Å². The number of nitrogens with zero attached hydrogens (tertiary/aromatic N) is 2. The zero-order chi connectivity index (χ0) is 11.2. The lowest BCUT2D eigenvalue weighted by atomic mass is 9.91. The van der Waals surface area contributed by atoms with Crippen LogP contribution < -0.4 is 0 Å². The Hall–Kier alpha value is -0.830. The van der Waals surface area contributed by atoms with Gasteiger partial charge in [0.1, 0.15) is 6.26 Å². The maximum Gasteiger partial charge on any atom is 0.128 e. The molecule has 1 atom stereocenters. The molecule has 0 amide bonds. The number of aromatic nitrogens is 1. The van der Waals surface area contributed by atoms with Gasteiger partial charge in [0.05, 0.1) is 5.69 Å². The van der Waals surface area contributed by atoms with Crippen LogP contribution in [0.25, 0.3) is 0 Å². The van der Waals surface area contributed by atoms with Crippen LogP contribution >= 0.6 is 0 Å². The van der Waals surface area contributed by atoms with Crippen LogP contribution in [0.2, 0.25) is 0 Å². The van der Waals surface area contributed by atoms with Crippen LogP contribution in [0, 0.1) is 5.41 Å². The number of rotatable bonds is 1. The van der Waals surface area contributed by atoms with Crippen LogP contribution in [0.5, 0.6) is 0 Å². The molecule has 1 saturated carbocycles. The minimum Gasteiger partial charge on any atom is -0.364 e. The van der Waals surface area contributed by atoms with E-state index >= 15 is 0 Å². The monoisotopic (exact) mass is 220 g/mol. The summed E-state index contributed by atoms with van der Waals surface area (Å²) in [6.45, 7) is 6.98. The van der Waals surface area contributed by atoms with Gasteiger partial charge < -0.3 is 4.52 Å². The first-order chi connectivity index (χ1) is 7.64. The summed E-state index contributed by atoms with van der Waals surface area (Å²) in [5.74, 6) is 0. The Morgan fingerprint density at radius 1 is 1.50 bits per heavy atom. The van der Waals surface area contributed by atoms with E-state index in [1.165, 1.54) is 30.5 Å². The molecule has 0 saturated heterocycles. The van der Waals surface area contributed by atoms with Crippen molar-refractivity contribution in [3.63, 3.8) is 0 Å². The summed E-state index contributed by atoms with van der Waals surface area (Å²) in [6.07, 6.45) is 6.94. The molecule has 3 nitrogen and oxygen atoms in total. The number of fused-ring (bicyclic) bond motifs is 1. The van der Waals surface area contributed by atoms with Crippen molar-refractivity contribution in [1.82, 2.24) is 10.1 Å². The van der Waals surface area contributed by atoms with Crippen LogP contribution in [0.4, 0.5) is 0 Å². The molecule has 2 aliphatic rings. The van der Waals surface area contributed by atoms with Crippen molar-refractivity contribution in [3.8, 4) is 0 Å². The van der Waals surface area contributed by atoms with Crippen LogP contribution in [0.15, 0.2) is 10.8 Å². The zero-order valence-electron chi connectivity index (χ0n) is 10.2. The summed E-state index contributed by atoms with van der Waals surface area (Å²) >= 11 is 0. The molecule has 1 aromatic rings. The summed E-state index contributed by atoms with van der Waals surface area (Å²) < 4.78 is 5.04. The van der Waals surface area contributed by atoms with Crippen molar-refractivity contribution in [2.45, 2.75) is 52.1 Å². The highest BCUT2D eigenvalue weighted by Gasteiger charge is 2.35. The molecule has 16 heavy (non-hydrogen) atoms. The Bertz CT molecular complexity index is 383. The van der Waals surface area contributed by atoms with Gasteiger partial charge in [-0.3, -0.25) is 4.90 Å². The van der Waals surface area contributed by atoms with Gasteiger partial charge in [0.15, 0.2) is 0 Å². The lowest BCUT2D eigenvalue weighted by Gasteiger charge is -2.32. The Morgan fingerprint density at radius 3 is 3.12 bits per heavy atom. The minimum absolute atomic E-state index is 0.541. The molecule has 3 rings (SSSR count). The summed E-state index contributed by atoms with van der Waals surface area (Å²) in [5, 5.41) is 4.04. The second kappa shape index (κ2) is 3.59. The van der Waals surface area contributed by atoms with Crippen molar-refractivity contribution >= 4 is 0 Å². The van der Waals surface area contributed by atoms with Crippen molar-refractivity contribution in [3.05, 3.63) is 17.5 Å². The highest BCUT2D eigenvalue weighted by Crippen LogP contribution is 2.40. The van der Waals surface area contributed by atoms with Crippen molar-refractivity contribution in [2.24, 2.45) is 5.41 Å². The van der Waals surface area contributed by atoms with E-state index in [0.29, 0.717) is 5.41 Å². The van der Waals surface area contributed by atoms with E-state index in [2.05, 4.69) is 23.9 Å². The van der Waals surface area contributed by atoms with Crippen LogP contribution in [0.1, 0.15) is 44.4 Å². The van der Waals surface area contributed by atoms with Crippen LogP contribution in [-0.4, -0.2) is 22.6 Å². The van der Waals surface area contributed by atoms with E-state index in [1.54, 1.807) is 0 Å². The van der Waals surface area contributed by atoms with E-state index < -0.39 is 0 Å². The van der Waals surface area contributed by atoms with Crippen LogP contribution in [0.3, 0.4) is 0 Å². The van der Waals surface area contributed by atoms with Gasteiger partial charge in [-0.15, -0.1) is 0 Å². The quantitative estimate of drug-likeness (QED) is 0.728. The highest BCUT2D eigenvalue weighted by atomic mass is 16.5. The fourth-order valence-corrected chi connectivity index (χ4v) is 3.19. The fraction of sp³-hybridized carbons (Fsp3) is 0.769. The van der Waals surface area contributed by atoms with Crippen molar-refractivity contribution in [1.29, 1.82) is 0 Å². The first kappa shape index (κ1) is 10.3. The highest BCUT2D eigenvalue weighted by molar-refractivity contribution is 5.18. The smallest absolute Gasteiger partial charge is 0.128 e. The maximum absolute atomic E-state index is 5.04. The molecule has 1 unspecified atom stereocenters. The van der Waals surface area contributed by atoms with Crippen molar-refractivity contribution < 1.29 is 4.52 Å². The normalized spacial score (nSPS) is 29.2. The lowest BCUT2D eigenvalue weighted by molar-refractivity contribution is 0.169.